The fourth-order valence-corrected chi connectivity index (χ4v) is 8.38. The summed E-state index contributed by atoms with van der Waals surface area (Å²) in [4.78, 5) is 9.99. The Labute approximate surface area is 181 Å². The number of unbranched alkanes of at least 4 members (excludes halogenated alkanes) is 14. The SMILES string of the molecule is CCCCCCCCCCS(CCCCCCCCCC)=[PH](O)S.[Mo]. The molecule has 25 heavy (non-hydrogen) atoms. The summed E-state index contributed by atoms with van der Waals surface area (Å²) in [6.07, 6.45) is 20.7. The van der Waals surface area contributed by atoms with Gasteiger partial charge in [0.15, 0.2) is 0 Å². The standard InChI is InChI=1S/C20H45OPS2.Mo/c1-3-5-7-9-11-13-15-17-19-24(22(21)23)20-18-16-14-12-10-8-6-4-2;/h21-23H,3-20H2,1-2H3;. The topological polar surface area (TPSA) is 20.2 Å². The van der Waals surface area contributed by atoms with Gasteiger partial charge in [0.1, 0.15) is 0 Å². The predicted octanol–water partition coefficient (Wildman–Crippen LogP) is 7.76. The van der Waals surface area contributed by atoms with Crippen LogP contribution in [0.4, 0.5) is 0 Å². The molecule has 0 aromatic heterocycles. The van der Waals surface area contributed by atoms with Gasteiger partial charge in [0.25, 0.3) is 0 Å². The van der Waals surface area contributed by atoms with Crippen LogP contribution in [0.5, 0.6) is 0 Å². The van der Waals surface area contributed by atoms with Crippen molar-refractivity contribution in [2.45, 2.75) is 117 Å². The summed E-state index contributed by atoms with van der Waals surface area (Å²) < 4.78 is 0. The van der Waals surface area contributed by atoms with Gasteiger partial charge in [0, 0.05) is 21.1 Å². The fourth-order valence-electron chi connectivity index (χ4n) is 3.10. The molecule has 0 fully saturated rings. The molecule has 0 rings (SSSR count). The summed E-state index contributed by atoms with van der Waals surface area (Å²) in [5.41, 5.74) is 0. The molecule has 0 radical (unpaired) electrons. The molecule has 0 amide bonds. The fraction of sp³-hybridized carbons (Fsp3) is 1.00. The molecule has 0 aromatic rings. The Morgan fingerprint density at radius 1 is 0.600 bits per heavy atom. The van der Waals surface area contributed by atoms with Gasteiger partial charge in [0.2, 0.25) is 0 Å². The molecule has 1 N–H and O–H groups in total. The van der Waals surface area contributed by atoms with Crippen molar-refractivity contribution in [1.29, 1.82) is 0 Å². The predicted molar refractivity (Wildman–Crippen MR) is 122 cm³/mol. The van der Waals surface area contributed by atoms with Gasteiger partial charge in [-0.3, -0.25) is 0 Å². The van der Waals surface area contributed by atoms with Crippen molar-refractivity contribution in [3.05, 3.63) is 0 Å². The molecule has 1 nitrogen and oxygen atoms in total. The number of rotatable bonds is 18. The van der Waals surface area contributed by atoms with E-state index in [4.69, 9.17) is 0 Å². The average molecular weight is 493 g/mol. The zero-order valence-electron chi connectivity index (χ0n) is 16.9. The molecule has 0 spiro atoms. The zero-order chi connectivity index (χ0) is 17.9. The zero-order valence-corrected chi connectivity index (χ0v) is 21.7. The van der Waals surface area contributed by atoms with E-state index in [0.717, 1.165) is 0 Å². The minimum atomic E-state index is -1.36. The summed E-state index contributed by atoms with van der Waals surface area (Å²) in [6, 6.07) is 0. The van der Waals surface area contributed by atoms with Gasteiger partial charge < -0.3 is 4.89 Å². The van der Waals surface area contributed by atoms with E-state index < -0.39 is 6.13 Å². The Balaban J connectivity index is 0. The largest absolute Gasteiger partial charge is 0.364 e. The van der Waals surface area contributed by atoms with Crippen LogP contribution in [0.25, 0.3) is 0 Å². The summed E-state index contributed by atoms with van der Waals surface area (Å²) in [5.74, 6) is 2.47. The van der Waals surface area contributed by atoms with E-state index in [2.05, 4.69) is 26.1 Å². The Morgan fingerprint density at radius 3 is 1.16 bits per heavy atom. The smallest absolute Gasteiger partial charge is 0.0631 e. The molecule has 0 aromatic carbocycles. The van der Waals surface area contributed by atoms with Gasteiger partial charge in [-0.25, -0.2) is 0 Å². The third-order valence-electron chi connectivity index (χ3n) is 4.75. The second kappa shape index (κ2) is 23.8. The van der Waals surface area contributed by atoms with Crippen molar-refractivity contribution in [3.63, 3.8) is 0 Å². The molecule has 0 aliphatic heterocycles. The van der Waals surface area contributed by atoms with Crippen molar-refractivity contribution in [3.8, 4) is 0 Å². The first-order valence-corrected chi connectivity index (χ1v) is 15.7. The molecule has 0 aliphatic rings. The molecule has 1 atom stereocenters. The average Bonchev–Trinajstić information content (AvgIpc) is 2.57. The van der Waals surface area contributed by atoms with Gasteiger partial charge >= 0.3 is 0 Å². The summed E-state index contributed by atoms with van der Waals surface area (Å²) in [6.45, 7) is 4.55. The van der Waals surface area contributed by atoms with E-state index >= 15 is 0 Å². The van der Waals surface area contributed by atoms with Crippen LogP contribution in [0.2, 0.25) is 0 Å². The van der Waals surface area contributed by atoms with E-state index in [0.29, 0.717) is 0 Å². The first-order valence-electron chi connectivity index (χ1n) is 10.6. The maximum absolute atomic E-state index is 9.99. The second-order valence-corrected chi connectivity index (χ2v) is 14.6. The molecular weight excluding hydrogens is 447 g/mol. The minimum Gasteiger partial charge on any atom is -0.364 e. The number of hydrogen-bond donors (Lipinski definition) is 2. The van der Waals surface area contributed by atoms with Crippen molar-refractivity contribution < 1.29 is 26.0 Å². The molecule has 154 valence electrons. The van der Waals surface area contributed by atoms with Crippen LogP contribution in [0.3, 0.4) is 0 Å². The monoisotopic (exact) mass is 494 g/mol. The first-order chi connectivity index (χ1) is 11.7. The summed E-state index contributed by atoms with van der Waals surface area (Å²) in [7, 11) is 0.225. The van der Waals surface area contributed by atoms with E-state index in [1.165, 1.54) is 114 Å². The summed E-state index contributed by atoms with van der Waals surface area (Å²) >= 11 is 4.43. The molecular formula is C20H45MoOPS2. The van der Waals surface area contributed by atoms with Gasteiger partial charge in [-0.05, 0) is 24.3 Å². The van der Waals surface area contributed by atoms with Crippen molar-refractivity contribution >= 4 is 28.4 Å². The maximum atomic E-state index is 9.99. The Hall–Kier alpha value is 1.78. The van der Waals surface area contributed by atoms with Gasteiger partial charge in [-0.2, -0.15) is 10.1 Å². The van der Waals surface area contributed by atoms with E-state index in [-0.39, 0.29) is 31.1 Å². The van der Waals surface area contributed by atoms with Crippen LogP contribution < -0.4 is 0 Å². The van der Waals surface area contributed by atoms with E-state index in [1.54, 1.807) is 0 Å². The van der Waals surface area contributed by atoms with Crippen molar-refractivity contribution in [2.75, 3.05) is 11.5 Å². The van der Waals surface area contributed by atoms with Gasteiger partial charge in [0.05, 0.1) is 6.13 Å². The van der Waals surface area contributed by atoms with Crippen molar-refractivity contribution in [2.24, 2.45) is 0 Å². The third kappa shape index (κ3) is 21.9. The van der Waals surface area contributed by atoms with Crippen molar-refractivity contribution in [1.82, 2.24) is 0 Å². The molecule has 5 heteroatoms. The molecule has 0 saturated heterocycles. The molecule has 0 aliphatic carbocycles. The second-order valence-electron chi connectivity index (χ2n) is 7.13. The van der Waals surface area contributed by atoms with Crippen LogP contribution in [0.15, 0.2) is 0 Å². The van der Waals surface area contributed by atoms with Crippen LogP contribution in [0, 0.1) is 0 Å². The quantitative estimate of drug-likeness (QED) is 0.0867. The Kier molecular flexibility index (Phi) is 27.6. The summed E-state index contributed by atoms with van der Waals surface area (Å²) in [5, 5.41) is 0. The molecule has 0 saturated carbocycles. The van der Waals surface area contributed by atoms with Crippen LogP contribution >= 0.6 is 18.4 Å². The van der Waals surface area contributed by atoms with Crippen LogP contribution in [-0.4, -0.2) is 16.4 Å². The maximum Gasteiger partial charge on any atom is 0.0631 e. The Bertz CT molecular complexity index is 275. The normalized spacial score (nSPS) is 12.4. The van der Waals surface area contributed by atoms with Gasteiger partial charge in [-0.1, -0.05) is 104 Å². The number of hydrogen-bond acceptors (Lipinski definition) is 0. The van der Waals surface area contributed by atoms with Crippen LogP contribution in [0.1, 0.15) is 117 Å². The molecule has 1 unspecified atom stereocenters. The van der Waals surface area contributed by atoms with E-state index in [1.807, 2.05) is 0 Å². The van der Waals surface area contributed by atoms with Crippen LogP contribution in [-0.2, 0) is 31.1 Å². The molecule has 0 bridgehead atoms. The number of thiol groups is 1. The van der Waals surface area contributed by atoms with Gasteiger partial charge in [-0.15, -0.1) is 12.2 Å². The third-order valence-corrected chi connectivity index (χ3v) is 11.9. The first kappa shape index (κ1) is 29.0. The molecule has 0 heterocycles. The van der Waals surface area contributed by atoms with E-state index in [9.17, 15) is 4.89 Å². The Morgan fingerprint density at radius 2 is 0.880 bits per heavy atom. The minimum absolute atomic E-state index is 0.